The van der Waals surface area contributed by atoms with Crippen molar-refractivity contribution in [2.24, 2.45) is 0 Å². The summed E-state index contributed by atoms with van der Waals surface area (Å²) in [6, 6.07) is -0.0184. The van der Waals surface area contributed by atoms with Gasteiger partial charge in [-0.15, -0.1) is 0 Å². The third-order valence-electron chi connectivity index (χ3n) is 2.26. The molecule has 7 heteroatoms. The normalized spacial score (nSPS) is 12.6. The van der Waals surface area contributed by atoms with Crippen LogP contribution in [0.15, 0.2) is 18.7 Å². The molecule has 84 valence electrons. The number of anilines is 2. The van der Waals surface area contributed by atoms with Crippen molar-refractivity contribution in [2.45, 2.75) is 19.4 Å². The van der Waals surface area contributed by atoms with E-state index < -0.39 is 0 Å². The Morgan fingerprint density at radius 2 is 1.94 bits per heavy atom. The van der Waals surface area contributed by atoms with Gasteiger partial charge in [0.25, 0.3) is 0 Å². The first kappa shape index (κ1) is 10.3. The molecule has 4 N–H and O–H groups in total. The van der Waals surface area contributed by atoms with Crippen molar-refractivity contribution < 1.29 is 0 Å². The maximum absolute atomic E-state index is 5.54. The van der Waals surface area contributed by atoms with Gasteiger partial charge in [0.1, 0.15) is 0 Å². The largest absolute Gasteiger partial charge is 0.368 e. The fourth-order valence-electron chi connectivity index (χ4n) is 1.56. The Hall–Kier alpha value is -2.18. The van der Waals surface area contributed by atoms with E-state index in [1.54, 1.807) is 12.5 Å². The minimum Gasteiger partial charge on any atom is -0.368 e. The molecule has 1 atom stereocenters. The molecule has 0 amide bonds. The second-order valence-corrected chi connectivity index (χ2v) is 3.34. The number of hydrogen-bond acceptors (Lipinski definition) is 6. The summed E-state index contributed by atoms with van der Waals surface area (Å²) < 4.78 is 1.91. The highest BCUT2D eigenvalue weighted by atomic mass is 15.2. The molecule has 2 heterocycles. The summed E-state index contributed by atoms with van der Waals surface area (Å²) in [7, 11) is 0. The van der Waals surface area contributed by atoms with Gasteiger partial charge in [-0.3, -0.25) is 0 Å². The molecule has 16 heavy (non-hydrogen) atoms. The molecule has 0 aliphatic carbocycles. The van der Waals surface area contributed by atoms with Gasteiger partial charge in [0.15, 0.2) is 5.82 Å². The van der Waals surface area contributed by atoms with Crippen LogP contribution in [0.2, 0.25) is 0 Å². The number of imidazole rings is 1. The standard InChI is InChI=1S/C9H13N7/c1-2-6(16-4-3-12-5-16)7-13-8(10)15-9(11)14-7/h3-6H,2H2,1H3,(H4,10,11,13,14,15). The first-order valence-electron chi connectivity index (χ1n) is 4.95. The molecule has 1 unspecified atom stereocenters. The van der Waals surface area contributed by atoms with Crippen LogP contribution >= 0.6 is 0 Å². The van der Waals surface area contributed by atoms with Crippen LogP contribution in [0, 0.1) is 0 Å². The van der Waals surface area contributed by atoms with E-state index in [1.165, 1.54) is 0 Å². The van der Waals surface area contributed by atoms with Crippen LogP contribution in [0.25, 0.3) is 0 Å². The molecule has 2 rings (SSSR count). The average molecular weight is 219 g/mol. The summed E-state index contributed by atoms with van der Waals surface area (Å²) in [4.78, 5) is 15.9. The Labute approximate surface area is 92.6 Å². The second kappa shape index (κ2) is 4.13. The van der Waals surface area contributed by atoms with Crippen molar-refractivity contribution in [3.63, 3.8) is 0 Å². The van der Waals surface area contributed by atoms with E-state index in [0.29, 0.717) is 5.82 Å². The highest BCUT2D eigenvalue weighted by Gasteiger charge is 2.15. The fourth-order valence-corrected chi connectivity index (χ4v) is 1.56. The highest BCUT2D eigenvalue weighted by Crippen LogP contribution is 2.18. The number of nitrogens with zero attached hydrogens (tertiary/aromatic N) is 5. The predicted octanol–water partition coefficient (Wildman–Crippen LogP) is 0.232. The summed E-state index contributed by atoms with van der Waals surface area (Å²) in [5, 5.41) is 0. The van der Waals surface area contributed by atoms with Crippen molar-refractivity contribution in [2.75, 3.05) is 11.5 Å². The van der Waals surface area contributed by atoms with Crippen LogP contribution in [0.3, 0.4) is 0 Å². The minimum atomic E-state index is -0.0184. The molecule has 0 bridgehead atoms. The summed E-state index contributed by atoms with van der Waals surface area (Å²) in [6.07, 6.45) is 6.09. The van der Waals surface area contributed by atoms with Crippen LogP contribution in [-0.4, -0.2) is 24.5 Å². The average Bonchev–Trinajstić information content (AvgIpc) is 2.70. The number of nitrogen functional groups attached to an aromatic ring is 2. The molecule has 0 fully saturated rings. The summed E-state index contributed by atoms with van der Waals surface area (Å²) >= 11 is 0. The molecule has 0 saturated heterocycles. The predicted molar refractivity (Wildman–Crippen MR) is 59.3 cm³/mol. The van der Waals surface area contributed by atoms with Gasteiger partial charge in [-0.1, -0.05) is 6.92 Å². The van der Waals surface area contributed by atoms with Gasteiger partial charge in [-0.05, 0) is 6.42 Å². The SMILES string of the molecule is CCC(c1nc(N)nc(N)n1)n1ccnc1. The smallest absolute Gasteiger partial charge is 0.225 e. The van der Waals surface area contributed by atoms with E-state index in [9.17, 15) is 0 Å². The van der Waals surface area contributed by atoms with Crippen LogP contribution in [-0.2, 0) is 0 Å². The van der Waals surface area contributed by atoms with Gasteiger partial charge in [0, 0.05) is 12.4 Å². The van der Waals surface area contributed by atoms with E-state index in [0.717, 1.165) is 6.42 Å². The molecule has 0 saturated carbocycles. The molecule has 0 aliphatic heterocycles. The molecule has 0 spiro atoms. The van der Waals surface area contributed by atoms with Crippen molar-refractivity contribution >= 4 is 11.9 Å². The molecule has 0 radical (unpaired) electrons. The zero-order chi connectivity index (χ0) is 11.5. The van der Waals surface area contributed by atoms with Crippen molar-refractivity contribution in [1.29, 1.82) is 0 Å². The number of hydrogen-bond donors (Lipinski definition) is 2. The van der Waals surface area contributed by atoms with Crippen LogP contribution in [0.4, 0.5) is 11.9 Å². The molecule has 0 aromatic carbocycles. The Balaban J connectivity index is 2.41. The third-order valence-corrected chi connectivity index (χ3v) is 2.26. The zero-order valence-corrected chi connectivity index (χ0v) is 8.91. The van der Waals surface area contributed by atoms with Gasteiger partial charge in [0.05, 0.1) is 12.4 Å². The quantitative estimate of drug-likeness (QED) is 0.765. The minimum absolute atomic E-state index is 0.0184. The lowest BCUT2D eigenvalue weighted by Gasteiger charge is -2.14. The summed E-state index contributed by atoms with van der Waals surface area (Å²) in [5.74, 6) is 0.840. The molecule has 2 aromatic heterocycles. The summed E-state index contributed by atoms with van der Waals surface area (Å²) in [5.41, 5.74) is 11.1. The van der Waals surface area contributed by atoms with Gasteiger partial charge in [-0.2, -0.15) is 15.0 Å². The molecular formula is C9H13N7. The fraction of sp³-hybridized carbons (Fsp3) is 0.333. The van der Waals surface area contributed by atoms with Crippen molar-refractivity contribution in [3.05, 3.63) is 24.5 Å². The van der Waals surface area contributed by atoms with Crippen molar-refractivity contribution in [3.8, 4) is 0 Å². The second-order valence-electron chi connectivity index (χ2n) is 3.34. The first-order chi connectivity index (χ1) is 7.70. The van der Waals surface area contributed by atoms with Gasteiger partial charge in [-0.25, -0.2) is 4.98 Å². The number of nitrogens with two attached hydrogens (primary N) is 2. The Bertz CT molecular complexity index is 444. The van der Waals surface area contributed by atoms with Crippen LogP contribution in [0.1, 0.15) is 25.2 Å². The van der Waals surface area contributed by atoms with E-state index >= 15 is 0 Å². The molecule has 7 nitrogen and oxygen atoms in total. The topological polar surface area (TPSA) is 109 Å². The lowest BCUT2D eigenvalue weighted by Crippen LogP contribution is -2.15. The van der Waals surface area contributed by atoms with E-state index in [2.05, 4.69) is 19.9 Å². The van der Waals surface area contributed by atoms with Crippen LogP contribution in [0.5, 0.6) is 0 Å². The molecule has 2 aromatic rings. The third kappa shape index (κ3) is 1.92. The highest BCUT2D eigenvalue weighted by molar-refractivity contribution is 5.26. The van der Waals surface area contributed by atoms with E-state index in [1.807, 2.05) is 17.7 Å². The maximum atomic E-state index is 5.54. The maximum Gasteiger partial charge on any atom is 0.225 e. The summed E-state index contributed by atoms with van der Waals surface area (Å²) in [6.45, 7) is 2.03. The first-order valence-corrected chi connectivity index (χ1v) is 4.95. The Morgan fingerprint density at radius 3 is 2.44 bits per heavy atom. The van der Waals surface area contributed by atoms with Gasteiger partial charge < -0.3 is 16.0 Å². The van der Waals surface area contributed by atoms with Gasteiger partial charge >= 0.3 is 0 Å². The lowest BCUT2D eigenvalue weighted by atomic mass is 10.2. The van der Waals surface area contributed by atoms with Gasteiger partial charge in [0.2, 0.25) is 11.9 Å². The molecule has 0 aliphatic rings. The Kier molecular flexibility index (Phi) is 2.67. The van der Waals surface area contributed by atoms with Crippen molar-refractivity contribution in [1.82, 2.24) is 24.5 Å². The monoisotopic (exact) mass is 219 g/mol. The number of aromatic nitrogens is 5. The Morgan fingerprint density at radius 1 is 1.25 bits per heavy atom. The van der Waals surface area contributed by atoms with E-state index in [-0.39, 0.29) is 17.9 Å². The number of rotatable bonds is 3. The van der Waals surface area contributed by atoms with E-state index in [4.69, 9.17) is 11.5 Å². The lowest BCUT2D eigenvalue weighted by molar-refractivity contribution is 0.534. The molecular weight excluding hydrogens is 206 g/mol. The van der Waals surface area contributed by atoms with Crippen LogP contribution < -0.4 is 11.5 Å². The zero-order valence-electron chi connectivity index (χ0n) is 8.91.